The summed E-state index contributed by atoms with van der Waals surface area (Å²) in [5.41, 5.74) is 0. The van der Waals surface area contributed by atoms with Crippen molar-refractivity contribution < 1.29 is 15.0 Å². The highest BCUT2D eigenvalue weighted by atomic mass is 16.4. The van der Waals surface area contributed by atoms with E-state index in [1.165, 1.54) is 19.3 Å². The van der Waals surface area contributed by atoms with Gasteiger partial charge in [-0.1, -0.05) is 64.0 Å². The molecule has 0 aromatic heterocycles. The molecule has 0 aromatic rings. The normalized spacial score (nSPS) is 12.9. The van der Waals surface area contributed by atoms with Crippen LogP contribution in [0.25, 0.3) is 0 Å². The van der Waals surface area contributed by atoms with Crippen LogP contribution in [0.3, 0.4) is 0 Å². The van der Waals surface area contributed by atoms with E-state index < -0.39 is 5.97 Å². The van der Waals surface area contributed by atoms with E-state index in [0.717, 1.165) is 57.8 Å². The number of unbranched alkanes of at least 4 members (excludes halogenated alkanes) is 8. The zero-order valence-corrected chi connectivity index (χ0v) is 13.7. The van der Waals surface area contributed by atoms with Crippen LogP contribution in [0, 0.1) is 0 Å². The molecule has 0 radical (unpaired) electrons. The Bertz CT molecular complexity index is 261. The number of aliphatic hydroxyl groups excluding tert-OH is 1. The maximum absolute atomic E-state index is 10.2. The Kier molecular flexibility index (Phi) is 14.9. The van der Waals surface area contributed by atoms with Crippen LogP contribution in [0.4, 0.5) is 0 Å². The summed E-state index contributed by atoms with van der Waals surface area (Å²) in [5.74, 6) is -0.939. The van der Waals surface area contributed by atoms with Gasteiger partial charge in [-0.05, 0) is 38.5 Å². The molecule has 124 valence electrons. The van der Waals surface area contributed by atoms with Crippen molar-refractivity contribution in [3.63, 3.8) is 0 Å². The molecule has 1 atom stereocenters. The van der Waals surface area contributed by atoms with Crippen LogP contribution in [-0.2, 0) is 4.79 Å². The predicted octanol–water partition coefficient (Wildman–Crippen LogP) is 3.74. The van der Waals surface area contributed by atoms with Crippen molar-refractivity contribution in [2.24, 2.45) is 0 Å². The minimum absolute atomic E-state index is 0.178. The third-order valence-corrected chi connectivity index (χ3v) is 3.72. The first kappa shape index (κ1) is 20.2. The third-order valence-electron chi connectivity index (χ3n) is 3.72. The molecule has 0 amide bonds. The van der Waals surface area contributed by atoms with Crippen molar-refractivity contribution >= 4 is 5.97 Å². The van der Waals surface area contributed by atoms with E-state index in [-0.39, 0.29) is 12.5 Å². The van der Waals surface area contributed by atoms with Crippen LogP contribution in [0.5, 0.6) is 0 Å². The van der Waals surface area contributed by atoms with Crippen LogP contribution >= 0.6 is 0 Å². The van der Waals surface area contributed by atoms with Crippen LogP contribution in [-0.4, -0.2) is 17.2 Å². The molecular weight excluding hydrogens is 264 g/mol. The SMILES string of the molecule is CCCCCCC(O)C/C=C/CCCCCCCC(=O)[O-]. The highest BCUT2D eigenvalue weighted by molar-refractivity contribution is 5.63. The van der Waals surface area contributed by atoms with Gasteiger partial charge in [0.15, 0.2) is 0 Å². The molecule has 21 heavy (non-hydrogen) atoms. The van der Waals surface area contributed by atoms with Gasteiger partial charge < -0.3 is 15.0 Å². The Morgan fingerprint density at radius 1 is 1.00 bits per heavy atom. The zero-order chi connectivity index (χ0) is 15.8. The number of rotatable bonds is 15. The summed E-state index contributed by atoms with van der Waals surface area (Å²) in [6.45, 7) is 2.20. The largest absolute Gasteiger partial charge is 0.550 e. The minimum atomic E-state index is -0.939. The molecule has 0 aliphatic heterocycles. The van der Waals surface area contributed by atoms with Gasteiger partial charge in [0.2, 0.25) is 0 Å². The van der Waals surface area contributed by atoms with Gasteiger partial charge in [0, 0.05) is 5.97 Å². The first-order valence-corrected chi connectivity index (χ1v) is 8.69. The summed E-state index contributed by atoms with van der Waals surface area (Å²) in [6.07, 6.45) is 17.0. The van der Waals surface area contributed by atoms with E-state index >= 15 is 0 Å². The molecule has 0 heterocycles. The number of hydrogen-bond donors (Lipinski definition) is 1. The van der Waals surface area contributed by atoms with Crippen LogP contribution in [0.2, 0.25) is 0 Å². The van der Waals surface area contributed by atoms with Gasteiger partial charge >= 0.3 is 0 Å². The van der Waals surface area contributed by atoms with Crippen molar-refractivity contribution in [2.45, 2.75) is 96.5 Å². The summed E-state index contributed by atoms with van der Waals surface area (Å²) in [5, 5.41) is 20.0. The standard InChI is InChI=1S/C18H34O3/c1-2-3-4-11-14-17(19)15-12-9-7-5-6-8-10-13-16-18(20)21/h9,12,17,19H,2-8,10-11,13-16H2,1H3,(H,20,21)/p-1/b12-9+. The Morgan fingerprint density at radius 3 is 2.38 bits per heavy atom. The van der Waals surface area contributed by atoms with Gasteiger partial charge in [-0.15, -0.1) is 0 Å². The van der Waals surface area contributed by atoms with E-state index in [0.29, 0.717) is 0 Å². The minimum Gasteiger partial charge on any atom is -0.550 e. The average Bonchev–Trinajstić information content (AvgIpc) is 2.45. The summed E-state index contributed by atoms with van der Waals surface area (Å²) in [6, 6.07) is 0. The summed E-state index contributed by atoms with van der Waals surface area (Å²) in [7, 11) is 0. The van der Waals surface area contributed by atoms with E-state index in [1.807, 2.05) is 0 Å². The predicted molar refractivity (Wildman–Crippen MR) is 85.8 cm³/mol. The molecule has 1 N–H and O–H groups in total. The molecule has 3 heteroatoms. The first-order chi connectivity index (χ1) is 10.2. The molecule has 0 saturated carbocycles. The van der Waals surface area contributed by atoms with Crippen molar-refractivity contribution in [2.75, 3.05) is 0 Å². The fourth-order valence-electron chi connectivity index (χ4n) is 2.36. The van der Waals surface area contributed by atoms with Gasteiger partial charge in [-0.2, -0.15) is 0 Å². The topological polar surface area (TPSA) is 60.4 Å². The Labute approximate surface area is 130 Å². The lowest BCUT2D eigenvalue weighted by atomic mass is 10.1. The third kappa shape index (κ3) is 17.1. The monoisotopic (exact) mass is 297 g/mol. The quantitative estimate of drug-likeness (QED) is 0.370. The fraction of sp³-hybridized carbons (Fsp3) is 0.833. The number of carbonyl (C=O) groups is 1. The molecule has 0 saturated heterocycles. The van der Waals surface area contributed by atoms with Crippen molar-refractivity contribution in [1.82, 2.24) is 0 Å². The van der Waals surface area contributed by atoms with E-state index in [1.54, 1.807) is 0 Å². The molecular formula is C18H33O3-. The van der Waals surface area contributed by atoms with Gasteiger partial charge in [-0.3, -0.25) is 0 Å². The maximum atomic E-state index is 10.2. The highest BCUT2D eigenvalue weighted by Gasteiger charge is 2.00. The van der Waals surface area contributed by atoms with Gasteiger partial charge in [0.1, 0.15) is 0 Å². The number of allylic oxidation sites excluding steroid dienone is 1. The smallest absolute Gasteiger partial charge is 0.0574 e. The second-order valence-electron chi connectivity index (χ2n) is 5.89. The van der Waals surface area contributed by atoms with Crippen LogP contribution in [0.15, 0.2) is 12.2 Å². The number of aliphatic carboxylic acids is 1. The molecule has 0 aliphatic carbocycles. The first-order valence-electron chi connectivity index (χ1n) is 8.69. The van der Waals surface area contributed by atoms with Gasteiger partial charge in [-0.25, -0.2) is 0 Å². The second kappa shape index (κ2) is 15.6. The zero-order valence-electron chi connectivity index (χ0n) is 13.7. The van der Waals surface area contributed by atoms with E-state index in [2.05, 4.69) is 19.1 Å². The Balaban J connectivity index is 3.26. The Morgan fingerprint density at radius 2 is 1.67 bits per heavy atom. The molecule has 0 spiro atoms. The van der Waals surface area contributed by atoms with Crippen molar-refractivity contribution in [3.05, 3.63) is 12.2 Å². The summed E-state index contributed by atoms with van der Waals surface area (Å²) in [4.78, 5) is 10.2. The number of carbonyl (C=O) groups excluding carboxylic acids is 1. The maximum Gasteiger partial charge on any atom is 0.0574 e. The number of hydrogen-bond acceptors (Lipinski definition) is 3. The number of carboxylic acid groups (broad SMARTS) is 1. The van der Waals surface area contributed by atoms with Crippen LogP contribution < -0.4 is 5.11 Å². The number of aliphatic hydroxyl groups is 1. The lowest BCUT2D eigenvalue weighted by Gasteiger charge is -2.07. The van der Waals surface area contributed by atoms with Crippen LogP contribution in [0.1, 0.15) is 90.4 Å². The van der Waals surface area contributed by atoms with Gasteiger partial charge in [0.05, 0.1) is 6.10 Å². The Hall–Kier alpha value is -0.830. The molecule has 0 fully saturated rings. The average molecular weight is 297 g/mol. The molecule has 1 unspecified atom stereocenters. The molecule has 0 aromatic carbocycles. The highest BCUT2D eigenvalue weighted by Crippen LogP contribution is 2.10. The lowest BCUT2D eigenvalue weighted by molar-refractivity contribution is -0.305. The second-order valence-corrected chi connectivity index (χ2v) is 5.89. The molecule has 3 nitrogen and oxygen atoms in total. The van der Waals surface area contributed by atoms with E-state index in [4.69, 9.17) is 0 Å². The van der Waals surface area contributed by atoms with E-state index in [9.17, 15) is 15.0 Å². The van der Waals surface area contributed by atoms with Crippen molar-refractivity contribution in [3.8, 4) is 0 Å². The molecule has 0 bridgehead atoms. The van der Waals surface area contributed by atoms with Crippen molar-refractivity contribution in [1.29, 1.82) is 0 Å². The fourth-order valence-corrected chi connectivity index (χ4v) is 2.36. The summed E-state index contributed by atoms with van der Waals surface area (Å²) >= 11 is 0. The molecule has 0 rings (SSSR count). The molecule has 0 aliphatic rings. The number of carboxylic acids is 1. The summed E-state index contributed by atoms with van der Waals surface area (Å²) < 4.78 is 0. The lowest BCUT2D eigenvalue weighted by Crippen LogP contribution is -2.21. The van der Waals surface area contributed by atoms with Gasteiger partial charge in [0.25, 0.3) is 0 Å².